The molecule has 0 rings (SSSR count). The van der Waals surface area contributed by atoms with Crippen LogP contribution in [-0.4, -0.2) is 16.9 Å². The summed E-state index contributed by atoms with van der Waals surface area (Å²) in [6.45, 7) is 2.29. The molecule has 0 heterocycles. The predicted octanol–water partition coefficient (Wildman–Crippen LogP) is 0.0621. The minimum atomic E-state index is -0.0464. The molecule has 0 saturated heterocycles. The minimum Gasteiger partial charge on any atom is -0.292 e. The highest BCUT2D eigenvalue weighted by Gasteiger charge is 1.84. The maximum atomic E-state index is 10.1. The lowest BCUT2D eigenvalue weighted by atomic mass is 10.7. The summed E-state index contributed by atoms with van der Waals surface area (Å²) in [5, 5.41) is 0. The van der Waals surface area contributed by atoms with E-state index in [1.54, 1.807) is 0 Å². The number of amides is 1. The van der Waals surface area contributed by atoms with Gasteiger partial charge in [-0.2, -0.15) is 0 Å². The smallest absolute Gasteiger partial charge is 0.230 e. The van der Waals surface area contributed by atoms with Gasteiger partial charge in [0.25, 0.3) is 0 Å². The van der Waals surface area contributed by atoms with Crippen molar-refractivity contribution in [2.45, 2.75) is 6.92 Å². The highest BCUT2D eigenvalue weighted by Crippen LogP contribution is 1.73. The Labute approximate surface area is 62.3 Å². The van der Waals surface area contributed by atoms with E-state index in [0.717, 1.165) is 11.0 Å². The number of rotatable bonds is 3. The SMILES string of the molecule is CC(=O)NNCCI. The molecule has 0 radical (unpaired) electrons. The van der Waals surface area contributed by atoms with Gasteiger partial charge in [-0.1, -0.05) is 22.6 Å². The quantitative estimate of drug-likeness (QED) is 0.310. The van der Waals surface area contributed by atoms with Crippen molar-refractivity contribution in [2.24, 2.45) is 0 Å². The van der Waals surface area contributed by atoms with Crippen LogP contribution in [0.5, 0.6) is 0 Å². The molecule has 0 bridgehead atoms. The van der Waals surface area contributed by atoms with Crippen LogP contribution in [0.3, 0.4) is 0 Å². The molecule has 3 nitrogen and oxygen atoms in total. The Kier molecular flexibility index (Phi) is 5.41. The normalized spacial score (nSPS) is 8.75. The maximum absolute atomic E-state index is 10.1. The van der Waals surface area contributed by atoms with Crippen molar-refractivity contribution >= 4 is 28.5 Å². The summed E-state index contributed by atoms with van der Waals surface area (Å²) < 4.78 is 0.998. The third-order valence-electron chi connectivity index (χ3n) is 0.484. The van der Waals surface area contributed by atoms with Crippen molar-refractivity contribution < 1.29 is 4.79 Å². The first kappa shape index (κ1) is 8.16. The lowest BCUT2D eigenvalue weighted by molar-refractivity contribution is -0.119. The molecule has 1 amide bonds. The van der Waals surface area contributed by atoms with E-state index in [0.29, 0.717) is 0 Å². The van der Waals surface area contributed by atoms with Gasteiger partial charge in [-0.3, -0.25) is 10.2 Å². The average molecular weight is 228 g/mol. The van der Waals surface area contributed by atoms with Gasteiger partial charge in [0.15, 0.2) is 0 Å². The van der Waals surface area contributed by atoms with Crippen LogP contribution in [-0.2, 0) is 4.79 Å². The van der Waals surface area contributed by atoms with Crippen LogP contribution in [0.15, 0.2) is 0 Å². The van der Waals surface area contributed by atoms with Gasteiger partial charge >= 0.3 is 0 Å². The van der Waals surface area contributed by atoms with Crippen LogP contribution in [0.4, 0.5) is 0 Å². The molecule has 0 aliphatic heterocycles. The zero-order valence-corrected chi connectivity index (χ0v) is 6.86. The molecule has 0 aromatic rings. The van der Waals surface area contributed by atoms with Gasteiger partial charge in [-0.25, -0.2) is 5.43 Å². The molecule has 0 fully saturated rings. The number of carbonyl (C=O) groups is 1. The van der Waals surface area contributed by atoms with Crippen molar-refractivity contribution in [3.05, 3.63) is 0 Å². The standard InChI is InChI=1S/C4H9IN2O/c1-4(8)7-6-3-2-5/h6H,2-3H2,1H3,(H,7,8). The molecule has 0 aliphatic carbocycles. The lowest BCUT2D eigenvalue weighted by Crippen LogP contribution is -2.36. The Morgan fingerprint density at radius 3 is 2.75 bits per heavy atom. The summed E-state index contributed by atoms with van der Waals surface area (Å²) >= 11 is 2.22. The Hall–Kier alpha value is 0.160. The lowest BCUT2D eigenvalue weighted by Gasteiger charge is -1.99. The van der Waals surface area contributed by atoms with E-state index in [2.05, 4.69) is 33.4 Å². The fraction of sp³-hybridized carbons (Fsp3) is 0.750. The van der Waals surface area contributed by atoms with E-state index < -0.39 is 0 Å². The van der Waals surface area contributed by atoms with Crippen molar-refractivity contribution in [3.63, 3.8) is 0 Å². The summed E-state index contributed by atoms with van der Waals surface area (Å²) in [4.78, 5) is 10.1. The van der Waals surface area contributed by atoms with Crippen LogP contribution >= 0.6 is 22.6 Å². The molecule has 0 atom stereocenters. The average Bonchev–Trinajstić information content (AvgIpc) is 1.66. The molecular weight excluding hydrogens is 219 g/mol. The number of hydrogen-bond donors (Lipinski definition) is 2. The zero-order chi connectivity index (χ0) is 6.41. The first-order valence-electron chi connectivity index (χ1n) is 2.32. The number of halogens is 1. The third kappa shape index (κ3) is 6.16. The van der Waals surface area contributed by atoms with Crippen molar-refractivity contribution in [2.75, 3.05) is 11.0 Å². The van der Waals surface area contributed by atoms with Gasteiger partial charge in [0.2, 0.25) is 5.91 Å². The second-order valence-electron chi connectivity index (χ2n) is 1.30. The van der Waals surface area contributed by atoms with Crippen molar-refractivity contribution in [3.8, 4) is 0 Å². The Bertz CT molecular complexity index is 76.4. The summed E-state index contributed by atoms with van der Waals surface area (Å²) in [5.41, 5.74) is 5.18. The summed E-state index contributed by atoms with van der Waals surface area (Å²) in [5.74, 6) is -0.0464. The van der Waals surface area contributed by atoms with Gasteiger partial charge in [-0.15, -0.1) is 0 Å². The molecule has 48 valence electrons. The predicted molar refractivity (Wildman–Crippen MR) is 40.7 cm³/mol. The largest absolute Gasteiger partial charge is 0.292 e. The first-order chi connectivity index (χ1) is 3.77. The second kappa shape index (κ2) is 5.30. The minimum absolute atomic E-state index is 0.0464. The van der Waals surface area contributed by atoms with Crippen molar-refractivity contribution in [1.29, 1.82) is 0 Å². The van der Waals surface area contributed by atoms with E-state index in [-0.39, 0.29) is 5.91 Å². The fourth-order valence-electron chi connectivity index (χ4n) is 0.234. The monoisotopic (exact) mass is 228 g/mol. The van der Waals surface area contributed by atoms with Crippen LogP contribution in [0.2, 0.25) is 0 Å². The Balaban J connectivity index is 2.82. The molecule has 0 spiro atoms. The Morgan fingerprint density at radius 2 is 2.38 bits per heavy atom. The van der Waals surface area contributed by atoms with E-state index in [9.17, 15) is 4.79 Å². The third-order valence-corrected chi connectivity index (χ3v) is 1.02. The molecule has 4 heteroatoms. The molecule has 8 heavy (non-hydrogen) atoms. The second-order valence-corrected chi connectivity index (χ2v) is 2.38. The summed E-state index contributed by atoms with van der Waals surface area (Å²) in [7, 11) is 0. The molecule has 0 saturated carbocycles. The fourth-order valence-corrected chi connectivity index (χ4v) is 0.504. The van der Waals surface area contributed by atoms with E-state index >= 15 is 0 Å². The molecule has 0 aromatic carbocycles. The topological polar surface area (TPSA) is 41.1 Å². The highest BCUT2D eigenvalue weighted by molar-refractivity contribution is 14.1. The zero-order valence-electron chi connectivity index (χ0n) is 4.70. The van der Waals surface area contributed by atoms with E-state index in [4.69, 9.17) is 0 Å². The van der Waals surface area contributed by atoms with E-state index in [1.165, 1.54) is 6.92 Å². The van der Waals surface area contributed by atoms with Crippen LogP contribution in [0, 0.1) is 0 Å². The summed E-state index contributed by atoms with van der Waals surface area (Å²) in [6, 6.07) is 0. The Morgan fingerprint density at radius 1 is 1.75 bits per heavy atom. The highest BCUT2D eigenvalue weighted by atomic mass is 127. The molecule has 0 aromatic heterocycles. The number of nitrogens with one attached hydrogen (secondary N) is 2. The number of carbonyl (C=O) groups excluding carboxylic acids is 1. The number of alkyl halides is 1. The van der Waals surface area contributed by atoms with Gasteiger partial charge in [-0.05, 0) is 0 Å². The van der Waals surface area contributed by atoms with Gasteiger partial charge in [0, 0.05) is 17.9 Å². The molecule has 0 unspecified atom stereocenters. The van der Waals surface area contributed by atoms with Crippen molar-refractivity contribution in [1.82, 2.24) is 10.9 Å². The van der Waals surface area contributed by atoms with Crippen LogP contribution in [0.25, 0.3) is 0 Å². The summed E-state index contributed by atoms with van der Waals surface area (Å²) in [6.07, 6.45) is 0. The first-order valence-corrected chi connectivity index (χ1v) is 3.85. The van der Waals surface area contributed by atoms with Gasteiger partial charge in [0.05, 0.1) is 0 Å². The molecular formula is C4H9IN2O. The molecule has 2 N–H and O–H groups in total. The van der Waals surface area contributed by atoms with Crippen LogP contribution < -0.4 is 10.9 Å². The van der Waals surface area contributed by atoms with Gasteiger partial charge < -0.3 is 0 Å². The number of hydrazine groups is 1. The molecule has 0 aliphatic rings. The van der Waals surface area contributed by atoms with Gasteiger partial charge in [0.1, 0.15) is 0 Å². The van der Waals surface area contributed by atoms with Crippen LogP contribution in [0.1, 0.15) is 6.92 Å². The maximum Gasteiger partial charge on any atom is 0.230 e. The van der Waals surface area contributed by atoms with E-state index in [1.807, 2.05) is 0 Å². The number of hydrogen-bond acceptors (Lipinski definition) is 2.